The van der Waals surface area contributed by atoms with Gasteiger partial charge in [0, 0.05) is 31.3 Å². The lowest BCUT2D eigenvalue weighted by atomic mass is 10.2. The minimum absolute atomic E-state index is 0.0458. The molecule has 92 valence electrons. The van der Waals surface area contributed by atoms with Gasteiger partial charge in [-0.15, -0.1) is 0 Å². The lowest BCUT2D eigenvalue weighted by Crippen LogP contribution is -2.21. The fourth-order valence-electron chi connectivity index (χ4n) is 1.48. The fraction of sp³-hybridized carbons (Fsp3) is 0.333. The van der Waals surface area contributed by atoms with Gasteiger partial charge in [0.1, 0.15) is 0 Å². The summed E-state index contributed by atoms with van der Waals surface area (Å²) in [6.45, 7) is 5.32. The minimum Gasteiger partial charge on any atom is -0.495 e. The summed E-state index contributed by atoms with van der Waals surface area (Å²) in [7, 11) is 0. The van der Waals surface area contributed by atoms with Crippen molar-refractivity contribution in [2.24, 2.45) is 0 Å². The Morgan fingerprint density at radius 1 is 1.35 bits per heavy atom. The van der Waals surface area contributed by atoms with Crippen molar-refractivity contribution in [1.29, 1.82) is 0 Å². The molecule has 0 aromatic heterocycles. The standard InChI is InChI=1S/C12H16N2O3/c1-3-13(4-2)12(15)9-10-5-7-11(8-6-10)14(16)17/h5-9,15H,3-4H2,1-2H3/b12-9-. The van der Waals surface area contributed by atoms with E-state index in [0.717, 1.165) is 5.56 Å². The third-order valence-electron chi connectivity index (χ3n) is 2.49. The van der Waals surface area contributed by atoms with Gasteiger partial charge in [0.2, 0.25) is 0 Å². The monoisotopic (exact) mass is 236 g/mol. The minimum atomic E-state index is -0.447. The van der Waals surface area contributed by atoms with E-state index in [9.17, 15) is 15.2 Å². The van der Waals surface area contributed by atoms with Crippen LogP contribution in [-0.4, -0.2) is 28.0 Å². The first-order valence-electron chi connectivity index (χ1n) is 5.48. The predicted molar refractivity (Wildman–Crippen MR) is 66.6 cm³/mol. The molecule has 0 unspecified atom stereocenters. The van der Waals surface area contributed by atoms with Crippen LogP contribution in [0.2, 0.25) is 0 Å². The number of aliphatic hydroxyl groups is 1. The predicted octanol–water partition coefficient (Wildman–Crippen LogP) is 2.79. The molecule has 0 saturated carbocycles. The summed E-state index contributed by atoms with van der Waals surface area (Å²) < 4.78 is 0. The molecule has 0 aliphatic heterocycles. The summed E-state index contributed by atoms with van der Waals surface area (Å²) in [5.74, 6) is 0.170. The van der Waals surface area contributed by atoms with Crippen LogP contribution < -0.4 is 0 Å². The molecule has 1 N–H and O–H groups in total. The highest BCUT2D eigenvalue weighted by Crippen LogP contribution is 2.14. The van der Waals surface area contributed by atoms with E-state index in [1.807, 2.05) is 13.8 Å². The van der Waals surface area contributed by atoms with Crippen molar-refractivity contribution < 1.29 is 10.0 Å². The normalized spacial score (nSPS) is 11.3. The van der Waals surface area contributed by atoms with Crippen LogP contribution in [0.3, 0.4) is 0 Å². The van der Waals surface area contributed by atoms with Gasteiger partial charge >= 0.3 is 0 Å². The van der Waals surface area contributed by atoms with Crippen LogP contribution in [0.25, 0.3) is 6.08 Å². The molecular formula is C12H16N2O3. The number of rotatable bonds is 5. The SMILES string of the molecule is CCN(CC)/C(O)=C/c1ccc([N+](=O)[O-])cc1. The van der Waals surface area contributed by atoms with Crippen LogP contribution >= 0.6 is 0 Å². The number of nitro groups is 1. The molecule has 5 heteroatoms. The molecule has 0 spiro atoms. The summed E-state index contributed by atoms with van der Waals surface area (Å²) in [5, 5.41) is 20.3. The van der Waals surface area contributed by atoms with E-state index in [1.165, 1.54) is 12.1 Å². The van der Waals surface area contributed by atoms with Crippen LogP contribution in [0.4, 0.5) is 5.69 Å². The highest BCUT2D eigenvalue weighted by atomic mass is 16.6. The number of nitrogens with zero attached hydrogens (tertiary/aromatic N) is 2. The second kappa shape index (κ2) is 5.89. The Bertz CT molecular complexity index is 408. The van der Waals surface area contributed by atoms with Crippen molar-refractivity contribution in [3.8, 4) is 0 Å². The molecular weight excluding hydrogens is 220 g/mol. The van der Waals surface area contributed by atoms with Crippen molar-refractivity contribution >= 4 is 11.8 Å². The van der Waals surface area contributed by atoms with Gasteiger partial charge < -0.3 is 10.0 Å². The molecule has 0 radical (unpaired) electrons. The zero-order chi connectivity index (χ0) is 12.8. The largest absolute Gasteiger partial charge is 0.495 e. The van der Waals surface area contributed by atoms with Gasteiger partial charge in [0.05, 0.1) is 4.92 Å². The van der Waals surface area contributed by atoms with Crippen molar-refractivity contribution in [1.82, 2.24) is 4.90 Å². The number of nitro benzene ring substituents is 1. The van der Waals surface area contributed by atoms with Crippen LogP contribution in [0.15, 0.2) is 30.1 Å². The van der Waals surface area contributed by atoms with Gasteiger partial charge in [-0.25, -0.2) is 0 Å². The van der Waals surface area contributed by atoms with E-state index < -0.39 is 4.92 Å². The Hall–Kier alpha value is -2.04. The quantitative estimate of drug-likeness (QED) is 0.485. The Morgan fingerprint density at radius 3 is 2.29 bits per heavy atom. The molecule has 1 rings (SSSR count). The van der Waals surface area contributed by atoms with E-state index in [0.29, 0.717) is 13.1 Å². The van der Waals surface area contributed by atoms with E-state index >= 15 is 0 Å². The Labute approximate surface area is 100 Å². The summed E-state index contributed by atoms with van der Waals surface area (Å²) in [5.41, 5.74) is 0.782. The molecule has 0 amide bonds. The van der Waals surface area contributed by atoms with E-state index in [1.54, 1.807) is 23.1 Å². The number of hydrogen-bond acceptors (Lipinski definition) is 4. The number of non-ortho nitro benzene ring substituents is 1. The Kier molecular flexibility index (Phi) is 4.51. The first-order chi connectivity index (χ1) is 8.08. The molecule has 0 aliphatic carbocycles. The van der Waals surface area contributed by atoms with Gasteiger partial charge in [-0.2, -0.15) is 0 Å². The molecule has 0 heterocycles. The number of benzene rings is 1. The second-order valence-electron chi connectivity index (χ2n) is 3.52. The third-order valence-corrected chi connectivity index (χ3v) is 2.49. The summed E-state index contributed by atoms with van der Waals surface area (Å²) in [6.07, 6.45) is 1.59. The number of hydrogen-bond donors (Lipinski definition) is 1. The van der Waals surface area contributed by atoms with Crippen molar-refractivity contribution in [2.45, 2.75) is 13.8 Å². The van der Waals surface area contributed by atoms with Crippen LogP contribution in [0, 0.1) is 10.1 Å². The smallest absolute Gasteiger partial charge is 0.269 e. The zero-order valence-corrected chi connectivity index (χ0v) is 9.96. The lowest BCUT2D eigenvalue weighted by molar-refractivity contribution is -0.384. The molecule has 0 fully saturated rings. The summed E-state index contributed by atoms with van der Waals surface area (Å²) in [4.78, 5) is 11.8. The van der Waals surface area contributed by atoms with Crippen LogP contribution in [0.5, 0.6) is 0 Å². The molecule has 0 atom stereocenters. The van der Waals surface area contributed by atoms with Crippen molar-refractivity contribution in [3.05, 3.63) is 45.8 Å². The second-order valence-corrected chi connectivity index (χ2v) is 3.52. The van der Waals surface area contributed by atoms with E-state index in [4.69, 9.17) is 0 Å². The average molecular weight is 236 g/mol. The maximum absolute atomic E-state index is 10.5. The Morgan fingerprint density at radius 2 is 1.88 bits per heavy atom. The molecule has 17 heavy (non-hydrogen) atoms. The maximum atomic E-state index is 10.5. The van der Waals surface area contributed by atoms with Gasteiger partial charge in [-0.1, -0.05) is 0 Å². The zero-order valence-electron chi connectivity index (χ0n) is 9.96. The topological polar surface area (TPSA) is 66.6 Å². The maximum Gasteiger partial charge on any atom is 0.269 e. The van der Waals surface area contributed by atoms with Gasteiger partial charge in [0.15, 0.2) is 5.88 Å². The van der Waals surface area contributed by atoms with Gasteiger partial charge in [-0.05, 0) is 31.5 Å². The summed E-state index contributed by atoms with van der Waals surface area (Å²) >= 11 is 0. The fourth-order valence-corrected chi connectivity index (χ4v) is 1.48. The van der Waals surface area contributed by atoms with Gasteiger partial charge in [0.25, 0.3) is 5.69 Å². The third kappa shape index (κ3) is 3.48. The summed E-state index contributed by atoms with van der Waals surface area (Å²) in [6, 6.07) is 6.05. The molecule has 1 aromatic carbocycles. The van der Waals surface area contributed by atoms with Crippen molar-refractivity contribution in [3.63, 3.8) is 0 Å². The molecule has 0 bridgehead atoms. The van der Waals surface area contributed by atoms with Crippen molar-refractivity contribution in [2.75, 3.05) is 13.1 Å². The first-order valence-corrected chi connectivity index (χ1v) is 5.48. The molecule has 0 aliphatic rings. The van der Waals surface area contributed by atoms with Crippen LogP contribution in [-0.2, 0) is 0 Å². The van der Waals surface area contributed by atoms with Crippen LogP contribution in [0.1, 0.15) is 19.4 Å². The highest BCUT2D eigenvalue weighted by molar-refractivity contribution is 5.52. The molecule has 0 saturated heterocycles. The number of aliphatic hydroxyl groups excluding tert-OH is 1. The van der Waals surface area contributed by atoms with E-state index in [-0.39, 0.29) is 11.6 Å². The first kappa shape index (κ1) is 13.0. The molecule has 5 nitrogen and oxygen atoms in total. The highest BCUT2D eigenvalue weighted by Gasteiger charge is 2.05. The van der Waals surface area contributed by atoms with Gasteiger partial charge in [-0.3, -0.25) is 10.1 Å². The molecule has 1 aromatic rings. The average Bonchev–Trinajstić information content (AvgIpc) is 2.31. The van der Waals surface area contributed by atoms with E-state index in [2.05, 4.69) is 0 Å². The Balaban J connectivity index is 2.87. The lowest BCUT2D eigenvalue weighted by Gasteiger charge is -2.19.